The Morgan fingerprint density at radius 3 is 2.52 bits per heavy atom. The van der Waals surface area contributed by atoms with Crippen molar-refractivity contribution in [1.82, 2.24) is 0 Å². The molecule has 0 spiro atoms. The van der Waals surface area contributed by atoms with E-state index < -0.39 is 5.60 Å². The van der Waals surface area contributed by atoms with E-state index in [-0.39, 0.29) is 0 Å². The average Bonchev–Trinajstić information content (AvgIpc) is 2.65. The van der Waals surface area contributed by atoms with Gasteiger partial charge >= 0.3 is 0 Å². The van der Waals surface area contributed by atoms with Crippen LogP contribution in [-0.2, 0) is 0 Å². The van der Waals surface area contributed by atoms with E-state index in [9.17, 15) is 5.11 Å². The summed E-state index contributed by atoms with van der Waals surface area (Å²) in [6.45, 7) is 15.9. The summed E-state index contributed by atoms with van der Waals surface area (Å²) < 4.78 is 0. The first kappa shape index (κ1) is 26.2. The SMILES string of the molecule is CCCCCC(C)(O)CC/C=C(\C)CCCC(C)CCC1=CC=C(C)C(C)C1C. The van der Waals surface area contributed by atoms with Crippen LogP contribution in [0.2, 0.25) is 0 Å². The average molecular weight is 403 g/mol. The Labute approximate surface area is 182 Å². The van der Waals surface area contributed by atoms with E-state index in [0.717, 1.165) is 31.6 Å². The first-order valence-corrected chi connectivity index (χ1v) is 12.4. The maximum atomic E-state index is 10.5. The summed E-state index contributed by atoms with van der Waals surface area (Å²) in [5.41, 5.74) is 4.19. The van der Waals surface area contributed by atoms with Gasteiger partial charge < -0.3 is 5.11 Å². The Balaban J connectivity index is 2.23. The Morgan fingerprint density at radius 1 is 1.10 bits per heavy atom. The molecule has 168 valence electrons. The molecule has 1 heteroatoms. The first-order chi connectivity index (χ1) is 13.7. The lowest BCUT2D eigenvalue weighted by atomic mass is 9.78. The van der Waals surface area contributed by atoms with Gasteiger partial charge in [-0.1, -0.05) is 88.3 Å². The van der Waals surface area contributed by atoms with Crippen LogP contribution < -0.4 is 0 Å². The van der Waals surface area contributed by atoms with Crippen LogP contribution in [0.3, 0.4) is 0 Å². The Kier molecular flexibility index (Phi) is 12.2. The number of hydrogen-bond donors (Lipinski definition) is 1. The van der Waals surface area contributed by atoms with Gasteiger partial charge in [-0.2, -0.15) is 0 Å². The normalized spacial score (nSPS) is 23.4. The van der Waals surface area contributed by atoms with E-state index in [1.54, 1.807) is 5.57 Å². The molecule has 0 saturated carbocycles. The molecule has 0 bridgehead atoms. The Bertz CT molecular complexity index is 549. The van der Waals surface area contributed by atoms with Crippen molar-refractivity contribution < 1.29 is 5.11 Å². The quantitative estimate of drug-likeness (QED) is 0.227. The van der Waals surface area contributed by atoms with Gasteiger partial charge in [-0.15, -0.1) is 0 Å². The molecule has 0 aromatic carbocycles. The molecule has 0 aliphatic heterocycles. The Morgan fingerprint density at radius 2 is 1.83 bits per heavy atom. The molecule has 0 amide bonds. The van der Waals surface area contributed by atoms with Crippen LogP contribution in [0.5, 0.6) is 0 Å². The maximum absolute atomic E-state index is 10.5. The fourth-order valence-corrected chi connectivity index (χ4v) is 4.47. The van der Waals surface area contributed by atoms with Crippen LogP contribution in [0.4, 0.5) is 0 Å². The van der Waals surface area contributed by atoms with Crippen molar-refractivity contribution in [1.29, 1.82) is 0 Å². The number of allylic oxidation sites excluding steroid dienone is 6. The van der Waals surface area contributed by atoms with Crippen LogP contribution >= 0.6 is 0 Å². The molecule has 0 aromatic rings. The summed E-state index contributed by atoms with van der Waals surface area (Å²) >= 11 is 0. The zero-order chi connectivity index (χ0) is 21.9. The highest BCUT2D eigenvalue weighted by Crippen LogP contribution is 2.34. The number of rotatable bonds is 14. The second-order valence-corrected chi connectivity index (χ2v) is 10.3. The summed E-state index contributed by atoms with van der Waals surface area (Å²) in [6.07, 6.45) is 19.9. The lowest BCUT2D eigenvalue weighted by Crippen LogP contribution is -2.23. The minimum atomic E-state index is -0.489. The molecule has 0 saturated heterocycles. The van der Waals surface area contributed by atoms with Crippen LogP contribution in [-0.4, -0.2) is 10.7 Å². The fraction of sp³-hybridized carbons (Fsp3) is 0.786. The zero-order valence-corrected chi connectivity index (χ0v) is 20.7. The van der Waals surface area contributed by atoms with Crippen molar-refractivity contribution in [3.8, 4) is 0 Å². The van der Waals surface area contributed by atoms with Gasteiger partial charge in [0.1, 0.15) is 0 Å². The van der Waals surface area contributed by atoms with Crippen molar-refractivity contribution in [2.75, 3.05) is 0 Å². The molecule has 1 rings (SSSR count). The van der Waals surface area contributed by atoms with Crippen molar-refractivity contribution >= 4 is 0 Å². The molecule has 29 heavy (non-hydrogen) atoms. The topological polar surface area (TPSA) is 20.2 Å². The van der Waals surface area contributed by atoms with Gasteiger partial charge in [-0.05, 0) is 83.5 Å². The summed E-state index contributed by atoms with van der Waals surface area (Å²) in [7, 11) is 0. The highest BCUT2D eigenvalue weighted by Gasteiger charge is 2.21. The number of aliphatic hydroxyl groups is 1. The lowest BCUT2D eigenvalue weighted by Gasteiger charge is -2.28. The highest BCUT2D eigenvalue weighted by molar-refractivity contribution is 5.27. The third-order valence-electron chi connectivity index (χ3n) is 7.30. The van der Waals surface area contributed by atoms with Crippen LogP contribution in [0.1, 0.15) is 119 Å². The lowest BCUT2D eigenvalue weighted by molar-refractivity contribution is 0.0403. The van der Waals surface area contributed by atoms with Crippen LogP contribution in [0, 0.1) is 17.8 Å². The largest absolute Gasteiger partial charge is 0.390 e. The van der Waals surface area contributed by atoms with E-state index in [0.29, 0.717) is 11.8 Å². The molecule has 1 N–H and O–H groups in total. The predicted octanol–water partition coefficient (Wildman–Crippen LogP) is 8.79. The van der Waals surface area contributed by atoms with E-state index in [2.05, 4.69) is 59.8 Å². The van der Waals surface area contributed by atoms with Gasteiger partial charge in [0.05, 0.1) is 5.60 Å². The minimum Gasteiger partial charge on any atom is -0.390 e. The number of unbranched alkanes of at least 4 members (excludes halogenated alkanes) is 2. The maximum Gasteiger partial charge on any atom is 0.0622 e. The van der Waals surface area contributed by atoms with Gasteiger partial charge in [0, 0.05) is 0 Å². The predicted molar refractivity (Wildman–Crippen MR) is 130 cm³/mol. The van der Waals surface area contributed by atoms with E-state index in [4.69, 9.17) is 0 Å². The molecule has 0 radical (unpaired) electrons. The molecule has 1 aliphatic carbocycles. The summed E-state index contributed by atoms with van der Waals surface area (Å²) in [5.74, 6) is 2.21. The van der Waals surface area contributed by atoms with E-state index in [1.807, 2.05) is 6.92 Å². The zero-order valence-electron chi connectivity index (χ0n) is 20.7. The van der Waals surface area contributed by atoms with E-state index in [1.165, 1.54) is 56.1 Å². The first-order valence-electron chi connectivity index (χ1n) is 12.4. The highest BCUT2D eigenvalue weighted by atomic mass is 16.3. The standard InChI is InChI=1S/C28H50O/c1-8-9-10-20-28(7,29)21-12-15-22(2)13-11-14-23(3)16-18-27-19-17-24(4)25(5)26(27)6/h15,17,19,23,25-26,29H,8-14,16,18,20-21H2,1-7H3/b22-15+. The third-order valence-corrected chi connectivity index (χ3v) is 7.30. The van der Waals surface area contributed by atoms with Crippen LogP contribution in [0.25, 0.3) is 0 Å². The van der Waals surface area contributed by atoms with Gasteiger partial charge in [-0.25, -0.2) is 0 Å². The molecular weight excluding hydrogens is 352 g/mol. The summed E-state index contributed by atoms with van der Waals surface area (Å²) in [4.78, 5) is 0. The molecule has 4 atom stereocenters. The monoisotopic (exact) mass is 402 g/mol. The second-order valence-electron chi connectivity index (χ2n) is 10.3. The Hall–Kier alpha value is -0.820. The summed E-state index contributed by atoms with van der Waals surface area (Å²) in [6, 6.07) is 0. The minimum absolute atomic E-state index is 0.489. The molecule has 0 fully saturated rings. The van der Waals surface area contributed by atoms with Crippen molar-refractivity contribution in [2.45, 2.75) is 125 Å². The molecule has 0 heterocycles. The number of hydrogen-bond acceptors (Lipinski definition) is 1. The van der Waals surface area contributed by atoms with Crippen molar-refractivity contribution in [3.05, 3.63) is 34.9 Å². The van der Waals surface area contributed by atoms with Gasteiger partial charge in [-0.3, -0.25) is 0 Å². The van der Waals surface area contributed by atoms with Gasteiger partial charge in [0.15, 0.2) is 0 Å². The molecule has 1 nitrogen and oxygen atoms in total. The van der Waals surface area contributed by atoms with Gasteiger partial charge in [0.25, 0.3) is 0 Å². The third kappa shape index (κ3) is 10.7. The summed E-state index contributed by atoms with van der Waals surface area (Å²) in [5, 5.41) is 10.5. The van der Waals surface area contributed by atoms with Crippen molar-refractivity contribution in [2.24, 2.45) is 17.8 Å². The molecule has 0 aromatic heterocycles. The molecular formula is C28H50O. The second kappa shape index (κ2) is 13.5. The molecule has 4 unspecified atom stereocenters. The van der Waals surface area contributed by atoms with Crippen LogP contribution in [0.15, 0.2) is 34.9 Å². The molecule has 1 aliphatic rings. The smallest absolute Gasteiger partial charge is 0.0622 e. The van der Waals surface area contributed by atoms with Crippen molar-refractivity contribution in [3.63, 3.8) is 0 Å². The van der Waals surface area contributed by atoms with Gasteiger partial charge in [0.2, 0.25) is 0 Å². The fourth-order valence-electron chi connectivity index (χ4n) is 4.47. The van der Waals surface area contributed by atoms with E-state index >= 15 is 0 Å².